The van der Waals surface area contributed by atoms with Crippen LogP contribution >= 0.6 is 24.0 Å². The van der Waals surface area contributed by atoms with Crippen molar-refractivity contribution in [3.8, 4) is 11.5 Å². The molecule has 0 amide bonds. The Hall–Kier alpha value is -1.26. The van der Waals surface area contributed by atoms with E-state index in [2.05, 4.69) is 46.5 Å². The van der Waals surface area contributed by atoms with Crippen LogP contribution < -0.4 is 20.1 Å². The van der Waals surface area contributed by atoms with E-state index in [0.717, 1.165) is 69.5 Å². The summed E-state index contributed by atoms with van der Waals surface area (Å²) < 4.78 is 16.0. The van der Waals surface area contributed by atoms with Gasteiger partial charge in [0.1, 0.15) is 0 Å². The van der Waals surface area contributed by atoms with E-state index in [-0.39, 0.29) is 29.4 Å². The Morgan fingerprint density at radius 1 is 1.13 bits per heavy atom. The number of guanidine groups is 1. The van der Waals surface area contributed by atoms with Gasteiger partial charge in [-0.3, -0.25) is 4.99 Å². The molecule has 0 spiro atoms. The lowest BCUT2D eigenvalue weighted by atomic mass is 9.84. The van der Waals surface area contributed by atoms with E-state index in [1.54, 1.807) is 21.3 Å². The molecule has 8 heteroatoms. The van der Waals surface area contributed by atoms with Crippen molar-refractivity contribution in [3.63, 3.8) is 0 Å². The number of nitrogens with one attached hydrogen (secondary N) is 2. The van der Waals surface area contributed by atoms with Crippen molar-refractivity contribution in [1.82, 2.24) is 15.5 Å². The van der Waals surface area contributed by atoms with E-state index in [1.165, 1.54) is 5.56 Å². The number of piperidine rings is 1. The van der Waals surface area contributed by atoms with Crippen LogP contribution in [0.3, 0.4) is 0 Å². The zero-order chi connectivity index (χ0) is 22.0. The highest BCUT2D eigenvalue weighted by Crippen LogP contribution is 2.32. The summed E-state index contributed by atoms with van der Waals surface area (Å²) in [5, 5.41) is 7.11. The molecule has 1 saturated heterocycles. The summed E-state index contributed by atoms with van der Waals surface area (Å²) in [5.74, 6) is 2.36. The smallest absolute Gasteiger partial charge is 0.191 e. The topological polar surface area (TPSA) is 67.4 Å². The maximum absolute atomic E-state index is 5.47. The molecule has 1 heterocycles. The first-order valence-corrected chi connectivity index (χ1v) is 10.8. The molecule has 0 saturated carbocycles. The molecular weight excluding hydrogens is 507 g/mol. The first kappa shape index (κ1) is 27.8. The van der Waals surface area contributed by atoms with Crippen LogP contribution in [0, 0.1) is 0 Å². The van der Waals surface area contributed by atoms with Gasteiger partial charge in [0.2, 0.25) is 0 Å². The van der Waals surface area contributed by atoms with Crippen LogP contribution in [-0.4, -0.2) is 78.1 Å². The number of rotatable bonds is 10. The highest BCUT2D eigenvalue weighted by molar-refractivity contribution is 14.0. The Kier molecular flexibility index (Phi) is 12.5. The number of hydrogen-bond donors (Lipinski definition) is 2. The molecule has 1 aliphatic rings. The normalized spacial score (nSPS) is 15.9. The van der Waals surface area contributed by atoms with Crippen molar-refractivity contribution in [2.24, 2.45) is 4.99 Å². The SMILES string of the molecule is CN=C(NCC(C)(C)c1ccc(OC)c(OC)c1)NC1CCN(CCCOC)CC1.I. The molecule has 0 bridgehead atoms. The Labute approximate surface area is 205 Å². The summed E-state index contributed by atoms with van der Waals surface area (Å²) in [6.07, 6.45) is 3.36. The van der Waals surface area contributed by atoms with E-state index in [0.29, 0.717) is 6.04 Å². The molecule has 0 unspecified atom stereocenters. The van der Waals surface area contributed by atoms with Gasteiger partial charge in [-0.25, -0.2) is 0 Å². The van der Waals surface area contributed by atoms with E-state index < -0.39 is 0 Å². The van der Waals surface area contributed by atoms with Crippen LogP contribution in [0.2, 0.25) is 0 Å². The maximum atomic E-state index is 5.47. The van der Waals surface area contributed by atoms with E-state index >= 15 is 0 Å². The minimum absolute atomic E-state index is 0. The minimum Gasteiger partial charge on any atom is -0.493 e. The summed E-state index contributed by atoms with van der Waals surface area (Å²) in [6.45, 7) is 9.39. The van der Waals surface area contributed by atoms with Crippen molar-refractivity contribution in [2.45, 2.75) is 44.6 Å². The van der Waals surface area contributed by atoms with Gasteiger partial charge in [-0.15, -0.1) is 24.0 Å². The van der Waals surface area contributed by atoms with Crippen LogP contribution in [0.5, 0.6) is 11.5 Å². The number of aliphatic imine (C=N–C) groups is 1. The van der Waals surface area contributed by atoms with Crippen molar-refractivity contribution >= 4 is 29.9 Å². The molecule has 0 atom stereocenters. The Bertz CT molecular complexity index is 677. The molecule has 2 N–H and O–H groups in total. The van der Waals surface area contributed by atoms with Crippen molar-refractivity contribution in [3.05, 3.63) is 23.8 Å². The zero-order valence-corrected chi connectivity index (χ0v) is 22.3. The van der Waals surface area contributed by atoms with Crippen LogP contribution in [0.1, 0.15) is 38.7 Å². The fraction of sp³-hybridized carbons (Fsp3) is 0.696. The van der Waals surface area contributed by atoms with Gasteiger partial charge in [0, 0.05) is 58.4 Å². The summed E-state index contributed by atoms with van der Waals surface area (Å²) in [7, 11) is 6.92. The number of nitrogens with zero attached hydrogens (tertiary/aromatic N) is 2. The predicted octanol–water partition coefficient (Wildman–Crippen LogP) is 3.27. The number of methoxy groups -OCH3 is 3. The molecular formula is C23H41IN4O3. The van der Waals surface area contributed by atoms with Crippen LogP contribution in [0.15, 0.2) is 23.2 Å². The quantitative estimate of drug-likeness (QED) is 0.203. The Morgan fingerprint density at radius 3 is 2.39 bits per heavy atom. The highest BCUT2D eigenvalue weighted by Gasteiger charge is 2.24. The maximum Gasteiger partial charge on any atom is 0.191 e. The number of ether oxygens (including phenoxy) is 3. The lowest BCUT2D eigenvalue weighted by molar-refractivity contribution is 0.155. The molecule has 1 aliphatic heterocycles. The minimum atomic E-state index is -0.0954. The highest BCUT2D eigenvalue weighted by atomic mass is 127. The number of hydrogen-bond acceptors (Lipinski definition) is 5. The second kappa shape index (κ2) is 14.0. The van der Waals surface area contributed by atoms with Gasteiger partial charge < -0.3 is 29.7 Å². The molecule has 1 aromatic carbocycles. The molecule has 1 aromatic rings. The summed E-state index contributed by atoms with van der Waals surface area (Å²) in [4.78, 5) is 6.96. The summed E-state index contributed by atoms with van der Waals surface area (Å²) >= 11 is 0. The van der Waals surface area contributed by atoms with Gasteiger partial charge in [0.05, 0.1) is 14.2 Å². The molecule has 2 rings (SSSR count). The van der Waals surface area contributed by atoms with Crippen LogP contribution in [0.25, 0.3) is 0 Å². The van der Waals surface area contributed by atoms with E-state index in [1.807, 2.05) is 13.1 Å². The predicted molar refractivity (Wildman–Crippen MR) is 138 cm³/mol. The first-order valence-electron chi connectivity index (χ1n) is 10.8. The van der Waals surface area contributed by atoms with Crippen LogP contribution in [0.4, 0.5) is 0 Å². The largest absolute Gasteiger partial charge is 0.493 e. The lowest BCUT2D eigenvalue weighted by Crippen LogP contribution is -2.50. The monoisotopic (exact) mass is 548 g/mol. The number of benzene rings is 1. The number of halogens is 1. The summed E-state index contributed by atoms with van der Waals surface area (Å²) in [6, 6.07) is 6.57. The molecule has 178 valence electrons. The molecule has 0 aromatic heterocycles. The average molecular weight is 549 g/mol. The second-order valence-electron chi connectivity index (χ2n) is 8.49. The molecule has 0 radical (unpaired) electrons. The van der Waals surface area contributed by atoms with Gasteiger partial charge in [-0.2, -0.15) is 0 Å². The van der Waals surface area contributed by atoms with Gasteiger partial charge in [-0.05, 0) is 37.0 Å². The first-order chi connectivity index (χ1) is 14.4. The molecule has 7 nitrogen and oxygen atoms in total. The van der Waals surface area contributed by atoms with Crippen LogP contribution in [-0.2, 0) is 10.2 Å². The van der Waals surface area contributed by atoms with Crippen molar-refractivity contribution in [1.29, 1.82) is 0 Å². The lowest BCUT2D eigenvalue weighted by Gasteiger charge is -2.34. The zero-order valence-electron chi connectivity index (χ0n) is 20.0. The fourth-order valence-corrected chi connectivity index (χ4v) is 3.79. The average Bonchev–Trinajstić information content (AvgIpc) is 2.77. The third-order valence-corrected chi connectivity index (χ3v) is 5.84. The fourth-order valence-electron chi connectivity index (χ4n) is 3.79. The Balaban J connectivity index is 0.00000480. The standard InChI is InChI=1S/C23H40N4O3.HI/c1-23(2,18-8-9-20(29-5)21(16-18)30-6)17-25-22(24-3)26-19-10-13-27(14-11-19)12-7-15-28-4;/h8-9,16,19H,7,10-15,17H2,1-6H3,(H2,24,25,26);1H. The Morgan fingerprint density at radius 2 is 1.81 bits per heavy atom. The van der Waals surface area contributed by atoms with Crippen molar-refractivity contribution in [2.75, 3.05) is 61.2 Å². The van der Waals surface area contributed by atoms with Gasteiger partial charge in [-0.1, -0.05) is 19.9 Å². The third-order valence-electron chi connectivity index (χ3n) is 5.84. The second-order valence-corrected chi connectivity index (χ2v) is 8.49. The van der Waals surface area contributed by atoms with Crippen molar-refractivity contribution < 1.29 is 14.2 Å². The van der Waals surface area contributed by atoms with E-state index in [4.69, 9.17) is 14.2 Å². The van der Waals surface area contributed by atoms with Gasteiger partial charge in [0.25, 0.3) is 0 Å². The van der Waals surface area contributed by atoms with Gasteiger partial charge >= 0.3 is 0 Å². The summed E-state index contributed by atoms with van der Waals surface area (Å²) in [5.41, 5.74) is 1.09. The van der Waals surface area contributed by atoms with Gasteiger partial charge in [0.15, 0.2) is 17.5 Å². The third kappa shape index (κ3) is 8.65. The molecule has 1 fully saturated rings. The van der Waals surface area contributed by atoms with E-state index in [9.17, 15) is 0 Å². The molecule has 31 heavy (non-hydrogen) atoms. The molecule has 0 aliphatic carbocycles. The number of likely N-dealkylation sites (tertiary alicyclic amines) is 1.